The zero-order valence-electron chi connectivity index (χ0n) is 12.4. The average molecular weight is 277 g/mol. The van der Waals surface area contributed by atoms with E-state index in [4.69, 9.17) is 0 Å². The minimum Gasteiger partial charge on any atom is -0.342 e. The van der Waals surface area contributed by atoms with Gasteiger partial charge in [-0.3, -0.25) is 4.79 Å². The molecule has 0 N–H and O–H groups in total. The summed E-state index contributed by atoms with van der Waals surface area (Å²) >= 11 is 0. The third-order valence-corrected chi connectivity index (χ3v) is 4.10. The summed E-state index contributed by atoms with van der Waals surface area (Å²) in [5.74, 6) is 0.713. The van der Waals surface area contributed by atoms with Gasteiger partial charge in [0, 0.05) is 19.0 Å². The van der Waals surface area contributed by atoms with Crippen LogP contribution in [0.3, 0.4) is 0 Å². The maximum atomic E-state index is 13.6. The normalized spacial score (nSPS) is 19.4. The number of likely N-dealkylation sites (tertiary alicyclic amines) is 1. The van der Waals surface area contributed by atoms with Crippen LogP contribution >= 0.6 is 0 Å². The Morgan fingerprint density at radius 3 is 2.85 bits per heavy atom. The largest absolute Gasteiger partial charge is 0.342 e. The van der Waals surface area contributed by atoms with Gasteiger partial charge in [-0.15, -0.1) is 0 Å². The molecular weight excluding hydrogens is 253 g/mol. The number of hydrogen-bond acceptors (Lipinski definition) is 1. The molecule has 0 unspecified atom stereocenters. The van der Waals surface area contributed by atoms with Gasteiger partial charge in [-0.05, 0) is 43.2 Å². The molecule has 1 saturated heterocycles. The van der Waals surface area contributed by atoms with Crippen molar-refractivity contribution in [2.24, 2.45) is 11.8 Å². The molecule has 20 heavy (non-hydrogen) atoms. The van der Waals surface area contributed by atoms with Crippen molar-refractivity contribution in [3.63, 3.8) is 0 Å². The van der Waals surface area contributed by atoms with Crippen LogP contribution in [-0.2, 0) is 11.2 Å². The molecule has 0 saturated carbocycles. The van der Waals surface area contributed by atoms with Crippen molar-refractivity contribution in [3.05, 3.63) is 35.6 Å². The van der Waals surface area contributed by atoms with Gasteiger partial charge in [0.25, 0.3) is 0 Å². The maximum Gasteiger partial charge on any atom is 0.225 e. The van der Waals surface area contributed by atoms with Gasteiger partial charge in [-0.1, -0.05) is 32.0 Å². The molecule has 110 valence electrons. The number of aryl methyl sites for hydroxylation is 1. The highest BCUT2D eigenvalue weighted by atomic mass is 19.1. The molecule has 1 heterocycles. The number of hydrogen-bond donors (Lipinski definition) is 0. The van der Waals surface area contributed by atoms with Gasteiger partial charge in [0.05, 0.1) is 0 Å². The number of rotatable bonds is 4. The second kappa shape index (κ2) is 6.87. The summed E-state index contributed by atoms with van der Waals surface area (Å²) in [5, 5.41) is 0. The summed E-state index contributed by atoms with van der Waals surface area (Å²) in [6.45, 7) is 5.62. The number of amides is 1. The topological polar surface area (TPSA) is 20.3 Å². The third kappa shape index (κ3) is 3.81. The van der Waals surface area contributed by atoms with Crippen molar-refractivity contribution in [1.29, 1.82) is 0 Å². The molecule has 1 atom stereocenters. The van der Waals surface area contributed by atoms with Crippen molar-refractivity contribution >= 4 is 5.91 Å². The Hall–Kier alpha value is -1.38. The molecule has 1 fully saturated rings. The monoisotopic (exact) mass is 277 g/mol. The van der Waals surface area contributed by atoms with Gasteiger partial charge in [-0.2, -0.15) is 0 Å². The number of nitrogens with zero attached hydrogens (tertiary/aromatic N) is 1. The lowest BCUT2D eigenvalue weighted by Crippen LogP contribution is -2.42. The van der Waals surface area contributed by atoms with Crippen LogP contribution in [0.25, 0.3) is 0 Å². The van der Waals surface area contributed by atoms with E-state index >= 15 is 0 Å². The molecule has 1 aliphatic rings. The smallest absolute Gasteiger partial charge is 0.225 e. The maximum absolute atomic E-state index is 13.6. The number of halogens is 1. The van der Waals surface area contributed by atoms with E-state index in [0.29, 0.717) is 5.92 Å². The van der Waals surface area contributed by atoms with Crippen LogP contribution in [0.15, 0.2) is 24.3 Å². The van der Waals surface area contributed by atoms with E-state index in [2.05, 4.69) is 0 Å². The van der Waals surface area contributed by atoms with Crippen LogP contribution in [0.2, 0.25) is 0 Å². The van der Waals surface area contributed by atoms with Crippen LogP contribution in [0, 0.1) is 17.7 Å². The number of benzene rings is 1. The Bertz CT molecular complexity index is 458. The predicted molar refractivity (Wildman–Crippen MR) is 78.9 cm³/mol. The van der Waals surface area contributed by atoms with Gasteiger partial charge >= 0.3 is 0 Å². The van der Waals surface area contributed by atoms with Crippen LogP contribution in [0.5, 0.6) is 0 Å². The fourth-order valence-corrected chi connectivity index (χ4v) is 2.93. The van der Waals surface area contributed by atoms with Crippen LogP contribution in [-0.4, -0.2) is 23.9 Å². The average Bonchev–Trinajstić information content (AvgIpc) is 2.46. The zero-order valence-corrected chi connectivity index (χ0v) is 12.4. The summed E-state index contributed by atoms with van der Waals surface area (Å²) < 4.78 is 13.6. The fraction of sp³-hybridized carbons (Fsp3) is 0.588. The molecule has 2 rings (SSSR count). The van der Waals surface area contributed by atoms with E-state index in [9.17, 15) is 9.18 Å². The zero-order chi connectivity index (χ0) is 14.5. The van der Waals surface area contributed by atoms with E-state index < -0.39 is 0 Å². The van der Waals surface area contributed by atoms with Crippen LogP contribution < -0.4 is 0 Å². The highest BCUT2D eigenvalue weighted by Crippen LogP contribution is 2.23. The Balaban J connectivity index is 1.87. The molecule has 0 spiro atoms. The highest BCUT2D eigenvalue weighted by Gasteiger charge is 2.24. The number of carbonyl (C=O) groups excluding carboxylic acids is 1. The molecule has 1 amide bonds. The molecule has 0 aromatic heterocycles. The molecule has 0 bridgehead atoms. The van der Waals surface area contributed by atoms with E-state index in [1.54, 1.807) is 6.07 Å². The first kappa shape index (κ1) is 15.0. The predicted octanol–water partition coefficient (Wildman–Crippen LogP) is 3.65. The van der Waals surface area contributed by atoms with Gasteiger partial charge in [0.1, 0.15) is 5.82 Å². The number of piperidine rings is 1. The summed E-state index contributed by atoms with van der Waals surface area (Å²) in [5.41, 5.74) is 0.791. The molecule has 3 heteroatoms. The second-order valence-corrected chi connectivity index (χ2v) is 6.08. The minimum absolute atomic E-state index is 0.0697. The Morgan fingerprint density at radius 1 is 1.40 bits per heavy atom. The quantitative estimate of drug-likeness (QED) is 0.822. The second-order valence-electron chi connectivity index (χ2n) is 6.08. The lowest BCUT2D eigenvalue weighted by atomic mass is 9.91. The molecule has 1 aromatic rings. The highest BCUT2D eigenvalue weighted by molar-refractivity contribution is 5.78. The third-order valence-electron chi connectivity index (χ3n) is 4.10. The van der Waals surface area contributed by atoms with Crippen LogP contribution in [0.1, 0.15) is 38.7 Å². The molecule has 1 aliphatic heterocycles. The van der Waals surface area contributed by atoms with Crippen LogP contribution in [0.4, 0.5) is 4.39 Å². The Kier molecular flexibility index (Phi) is 5.16. The van der Waals surface area contributed by atoms with E-state index in [1.807, 2.05) is 30.9 Å². The van der Waals surface area contributed by atoms with Gasteiger partial charge < -0.3 is 4.90 Å². The summed E-state index contributed by atoms with van der Waals surface area (Å²) in [7, 11) is 0. The SMILES string of the molecule is CC(C)C(=O)N1CCC[C@@H](CCc2ccccc2F)C1. The first-order valence-electron chi connectivity index (χ1n) is 7.60. The number of carbonyl (C=O) groups is 1. The van der Waals surface area contributed by atoms with Crippen molar-refractivity contribution in [2.45, 2.75) is 39.5 Å². The van der Waals surface area contributed by atoms with Crippen molar-refractivity contribution in [2.75, 3.05) is 13.1 Å². The summed E-state index contributed by atoms with van der Waals surface area (Å²) in [6, 6.07) is 6.98. The van der Waals surface area contributed by atoms with Gasteiger partial charge in [-0.25, -0.2) is 4.39 Å². The molecular formula is C17H24FNO. The Morgan fingerprint density at radius 2 is 2.15 bits per heavy atom. The standard InChI is InChI=1S/C17H24FNO/c1-13(2)17(20)19-11-5-6-14(12-19)9-10-15-7-3-4-8-16(15)18/h3-4,7-8,13-14H,5-6,9-12H2,1-2H3/t14-/m0/s1. The molecule has 2 nitrogen and oxygen atoms in total. The Labute approximate surface area is 121 Å². The van der Waals surface area contributed by atoms with Gasteiger partial charge in [0.2, 0.25) is 5.91 Å². The first-order valence-corrected chi connectivity index (χ1v) is 7.60. The van der Waals surface area contributed by atoms with Crippen molar-refractivity contribution < 1.29 is 9.18 Å². The van der Waals surface area contributed by atoms with E-state index in [0.717, 1.165) is 44.3 Å². The lowest BCUT2D eigenvalue weighted by molar-refractivity contribution is -0.136. The lowest BCUT2D eigenvalue weighted by Gasteiger charge is -2.34. The summed E-state index contributed by atoms with van der Waals surface area (Å²) in [4.78, 5) is 14.0. The molecule has 0 radical (unpaired) electrons. The van der Waals surface area contributed by atoms with E-state index in [1.165, 1.54) is 6.07 Å². The van der Waals surface area contributed by atoms with E-state index in [-0.39, 0.29) is 17.6 Å². The fourth-order valence-electron chi connectivity index (χ4n) is 2.93. The van der Waals surface area contributed by atoms with Gasteiger partial charge in [0.15, 0.2) is 0 Å². The first-order chi connectivity index (χ1) is 9.58. The van der Waals surface area contributed by atoms with Crippen molar-refractivity contribution in [1.82, 2.24) is 4.90 Å². The minimum atomic E-state index is -0.113. The molecule has 0 aliphatic carbocycles. The summed E-state index contributed by atoms with van der Waals surface area (Å²) in [6.07, 6.45) is 3.95. The molecule has 1 aromatic carbocycles. The van der Waals surface area contributed by atoms with Crippen molar-refractivity contribution in [3.8, 4) is 0 Å².